The summed E-state index contributed by atoms with van der Waals surface area (Å²) in [5.74, 6) is -0.466. The summed E-state index contributed by atoms with van der Waals surface area (Å²) in [5.41, 5.74) is 2.60. The lowest BCUT2D eigenvalue weighted by molar-refractivity contribution is -0.137. The minimum atomic E-state index is -4.45. The number of anilines is 1. The quantitative estimate of drug-likeness (QED) is 0.713. The molecular formula is C20H18F3N3O. The fourth-order valence-electron chi connectivity index (χ4n) is 2.75. The number of halogens is 3. The second-order valence-electron chi connectivity index (χ2n) is 6.31. The van der Waals surface area contributed by atoms with Crippen molar-refractivity contribution in [2.24, 2.45) is 0 Å². The molecule has 27 heavy (non-hydrogen) atoms. The lowest BCUT2D eigenvalue weighted by Crippen LogP contribution is -2.13. The van der Waals surface area contributed by atoms with Gasteiger partial charge in [0.25, 0.3) is 5.91 Å². The molecule has 3 aromatic rings. The Morgan fingerprint density at radius 3 is 2.37 bits per heavy atom. The Morgan fingerprint density at radius 1 is 1.07 bits per heavy atom. The fraction of sp³-hybridized carbons (Fsp3) is 0.200. The van der Waals surface area contributed by atoms with E-state index in [1.807, 2.05) is 24.6 Å². The molecule has 0 saturated heterocycles. The van der Waals surface area contributed by atoms with Crippen molar-refractivity contribution in [1.29, 1.82) is 0 Å². The molecular weight excluding hydrogens is 355 g/mol. The lowest BCUT2D eigenvalue weighted by atomic mass is 10.1. The Hall–Kier alpha value is -3.09. The van der Waals surface area contributed by atoms with Crippen LogP contribution in [0.15, 0.2) is 54.6 Å². The van der Waals surface area contributed by atoms with E-state index in [2.05, 4.69) is 10.4 Å². The van der Waals surface area contributed by atoms with E-state index in [0.717, 1.165) is 29.1 Å². The highest BCUT2D eigenvalue weighted by Crippen LogP contribution is 2.30. The van der Waals surface area contributed by atoms with E-state index in [9.17, 15) is 18.0 Å². The number of hydrogen-bond acceptors (Lipinski definition) is 2. The molecule has 3 rings (SSSR count). The van der Waals surface area contributed by atoms with Crippen molar-refractivity contribution in [3.63, 3.8) is 0 Å². The highest BCUT2D eigenvalue weighted by Gasteiger charge is 2.30. The summed E-state index contributed by atoms with van der Waals surface area (Å²) < 4.78 is 40.2. The van der Waals surface area contributed by atoms with Crippen LogP contribution in [0.25, 0.3) is 0 Å². The van der Waals surface area contributed by atoms with E-state index in [4.69, 9.17) is 0 Å². The van der Waals surface area contributed by atoms with Crippen LogP contribution in [0.4, 0.5) is 18.9 Å². The number of nitrogens with zero attached hydrogens (tertiary/aromatic N) is 2. The molecule has 0 unspecified atom stereocenters. The van der Waals surface area contributed by atoms with Crippen LogP contribution in [0.1, 0.15) is 32.9 Å². The Kier molecular flexibility index (Phi) is 5.03. The summed E-state index contributed by atoms with van der Waals surface area (Å²) in [6.07, 6.45) is -4.45. The van der Waals surface area contributed by atoms with Gasteiger partial charge in [0.05, 0.1) is 17.8 Å². The first-order valence-electron chi connectivity index (χ1n) is 8.31. The van der Waals surface area contributed by atoms with Crippen LogP contribution in [0.5, 0.6) is 0 Å². The Balaban J connectivity index is 1.70. The van der Waals surface area contributed by atoms with Crippen LogP contribution in [0, 0.1) is 13.8 Å². The van der Waals surface area contributed by atoms with E-state index in [0.29, 0.717) is 12.1 Å². The van der Waals surface area contributed by atoms with Crippen LogP contribution in [0.3, 0.4) is 0 Å². The van der Waals surface area contributed by atoms with Gasteiger partial charge in [0.2, 0.25) is 0 Å². The first kappa shape index (κ1) is 18.7. The molecule has 0 aliphatic heterocycles. The molecule has 0 saturated carbocycles. The van der Waals surface area contributed by atoms with Crippen LogP contribution in [-0.4, -0.2) is 15.7 Å². The molecule has 0 radical (unpaired) electrons. The lowest BCUT2D eigenvalue weighted by Gasteiger charge is -2.10. The van der Waals surface area contributed by atoms with Gasteiger partial charge < -0.3 is 5.32 Å². The predicted molar refractivity (Wildman–Crippen MR) is 96.6 cm³/mol. The molecule has 0 bridgehead atoms. The van der Waals surface area contributed by atoms with Crippen molar-refractivity contribution in [3.8, 4) is 0 Å². The molecule has 1 amide bonds. The van der Waals surface area contributed by atoms with Crippen molar-refractivity contribution in [3.05, 3.63) is 82.7 Å². The number of aryl methyl sites for hydroxylation is 2. The van der Waals surface area contributed by atoms with Crippen LogP contribution >= 0.6 is 0 Å². The van der Waals surface area contributed by atoms with Gasteiger partial charge in [-0.25, -0.2) is 0 Å². The number of carbonyl (C=O) groups is 1. The zero-order chi connectivity index (χ0) is 19.6. The summed E-state index contributed by atoms with van der Waals surface area (Å²) in [6.45, 7) is 4.47. The van der Waals surface area contributed by atoms with E-state index in [1.54, 1.807) is 24.3 Å². The smallest absolute Gasteiger partial charge is 0.322 e. The van der Waals surface area contributed by atoms with E-state index >= 15 is 0 Å². The van der Waals surface area contributed by atoms with E-state index in [-0.39, 0.29) is 5.69 Å². The first-order valence-corrected chi connectivity index (χ1v) is 8.31. The van der Waals surface area contributed by atoms with Crippen molar-refractivity contribution >= 4 is 11.6 Å². The maximum atomic E-state index is 12.8. The first-order chi connectivity index (χ1) is 12.7. The molecule has 0 fully saturated rings. The Morgan fingerprint density at radius 2 is 1.78 bits per heavy atom. The summed E-state index contributed by atoms with van der Waals surface area (Å²) in [4.78, 5) is 12.3. The van der Waals surface area contributed by atoms with Gasteiger partial charge >= 0.3 is 6.18 Å². The number of nitrogens with one attached hydrogen (secondary N) is 1. The molecule has 2 aromatic carbocycles. The van der Waals surface area contributed by atoms with E-state index < -0.39 is 17.6 Å². The molecule has 0 atom stereocenters. The molecule has 0 aliphatic rings. The van der Waals surface area contributed by atoms with Gasteiger partial charge in [-0.15, -0.1) is 0 Å². The molecule has 7 heteroatoms. The van der Waals surface area contributed by atoms with Crippen LogP contribution < -0.4 is 5.32 Å². The normalized spacial score (nSPS) is 11.4. The average molecular weight is 373 g/mol. The molecule has 1 aromatic heterocycles. The zero-order valence-electron chi connectivity index (χ0n) is 14.8. The molecule has 0 spiro atoms. The van der Waals surface area contributed by atoms with Gasteiger partial charge in [-0.2, -0.15) is 18.3 Å². The zero-order valence-corrected chi connectivity index (χ0v) is 14.8. The van der Waals surface area contributed by atoms with Crippen molar-refractivity contribution in [2.45, 2.75) is 26.6 Å². The number of hydrogen-bond donors (Lipinski definition) is 1. The van der Waals surface area contributed by atoms with Gasteiger partial charge in [-0.1, -0.05) is 18.2 Å². The largest absolute Gasteiger partial charge is 0.416 e. The highest BCUT2D eigenvalue weighted by atomic mass is 19.4. The Labute approximate surface area is 154 Å². The second-order valence-corrected chi connectivity index (χ2v) is 6.31. The molecule has 140 valence electrons. The van der Waals surface area contributed by atoms with Gasteiger partial charge in [-0.3, -0.25) is 9.48 Å². The number of alkyl halides is 3. The number of benzene rings is 2. The molecule has 1 heterocycles. The number of aromatic nitrogens is 2. The van der Waals surface area contributed by atoms with Crippen LogP contribution in [-0.2, 0) is 12.7 Å². The summed E-state index contributed by atoms with van der Waals surface area (Å²) in [6, 6.07) is 13.4. The average Bonchev–Trinajstić information content (AvgIpc) is 2.92. The molecule has 4 nitrogen and oxygen atoms in total. The number of rotatable bonds is 4. The maximum absolute atomic E-state index is 12.8. The number of carbonyl (C=O) groups excluding carboxylic acids is 1. The van der Waals surface area contributed by atoms with Gasteiger partial charge in [0.1, 0.15) is 0 Å². The van der Waals surface area contributed by atoms with E-state index in [1.165, 1.54) is 12.1 Å². The highest BCUT2D eigenvalue weighted by molar-refractivity contribution is 6.04. The second kappa shape index (κ2) is 7.26. The summed E-state index contributed by atoms with van der Waals surface area (Å²) >= 11 is 0. The molecule has 1 N–H and O–H groups in total. The van der Waals surface area contributed by atoms with Crippen molar-refractivity contribution < 1.29 is 18.0 Å². The third-order valence-corrected chi connectivity index (χ3v) is 4.10. The summed E-state index contributed by atoms with van der Waals surface area (Å²) in [7, 11) is 0. The Bertz CT molecular complexity index is 959. The van der Waals surface area contributed by atoms with Crippen LogP contribution in [0.2, 0.25) is 0 Å². The van der Waals surface area contributed by atoms with Gasteiger partial charge in [0, 0.05) is 16.9 Å². The van der Waals surface area contributed by atoms with Crippen molar-refractivity contribution in [2.75, 3.05) is 5.32 Å². The predicted octanol–water partition coefficient (Wildman–Crippen LogP) is 4.82. The number of amides is 1. The standard InChI is InChI=1S/C20H18F3N3O/c1-13-10-14(2)26(25-13)12-15-6-8-16(9-7-15)19(27)24-18-5-3-4-17(11-18)20(21,22)23/h3-11H,12H2,1-2H3,(H,24,27). The van der Waals surface area contributed by atoms with Crippen molar-refractivity contribution in [1.82, 2.24) is 9.78 Å². The maximum Gasteiger partial charge on any atom is 0.416 e. The topological polar surface area (TPSA) is 46.9 Å². The summed E-state index contributed by atoms with van der Waals surface area (Å²) in [5, 5.41) is 6.89. The minimum Gasteiger partial charge on any atom is -0.322 e. The van der Waals surface area contributed by atoms with Gasteiger partial charge in [0.15, 0.2) is 0 Å². The minimum absolute atomic E-state index is 0.0987. The molecule has 0 aliphatic carbocycles. The monoisotopic (exact) mass is 373 g/mol. The fourth-order valence-corrected chi connectivity index (χ4v) is 2.75. The SMILES string of the molecule is Cc1cc(C)n(Cc2ccc(C(=O)Nc3cccc(C(F)(F)F)c3)cc2)n1. The van der Waals surface area contributed by atoms with Gasteiger partial charge in [-0.05, 0) is 55.8 Å². The third kappa shape index (κ3) is 4.55. The third-order valence-electron chi connectivity index (χ3n) is 4.10.